The molecule has 0 spiro atoms. The molecule has 1 atom stereocenters. The molecule has 1 N–H and O–H groups in total. The van der Waals surface area contributed by atoms with Crippen molar-refractivity contribution in [2.45, 2.75) is 56.9 Å². The molecule has 0 aromatic heterocycles. The zero-order chi connectivity index (χ0) is 17.7. The van der Waals surface area contributed by atoms with Crippen LogP contribution in [0.15, 0.2) is 29.2 Å². The zero-order valence-corrected chi connectivity index (χ0v) is 15.6. The topological polar surface area (TPSA) is 66.5 Å². The van der Waals surface area contributed by atoms with Gasteiger partial charge in [0.05, 0.1) is 4.90 Å². The van der Waals surface area contributed by atoms with Crippen LogP contribution in [0.3, 0.4) is 0 Å². The molecule has 2 amide bonds. The molecule has 0 aliphatic carbocycles. The summed E-state index contributed by atoms with van der Waals surface area (Å²) >= 11 is 0. The summed E-state index contributed by atoms with van der Waals surface area (Å²) in [7, 11) is -3.22. The average Bonchev–Trinajstić information content (AvgIpc) is 2.71. The first-order valence-electron chi connectivity index (χ1n) is 8.65. The number of anilines is 1. The number of urea groups is 1. The van der Waals surface area contributed by atoms with Gasteiger partial charge in [-0.1, -0.05) is 26.7 Å². The Bertz CT molecular complexity index is 653. The van der Waals surface area contributed by atoms with Gasteiger partial charge in [-0.2, -0.15) is 0 Å². The van der Waals surface area contributed by atoms with Crippen LogP contribution >= 0.6 is 0 Å². The van der Waals surface area contributed by atoms with E-state index in [0.29, 0.717) is 11.6 Å². The molecule has 0 saturated carbocycles. The highest BCUT2D eigenvalue weighted by Crippen LogP contribution is 2.23. The van der Waals surface area contributed by atoms with Crippen molar-refractivity contribution in [1.82, 2.24) is 4.90 Å². The summed E-state index contributed by atoms with van der Waals surface area (Å²) in [5.74, 6) is 0.553. The van der Waals surface area contributed by atoms with Gasteiger partial charge in [0.25, 0.3) is 0 Å². The normalized spacial score (nSPS) is 19.2. The lowest BCUT2D eigenvalue weighted by molar-refractivity contribution is 0.178. The largest absolute Gasteiger partial charge is 0.322 e. The number of nitrogens with one attached hydrogen (secondary N) is 1. The number of amides is 2. The van der Waals surface area contributed by atoms with E-state index in [1.54, 1.807) is 12.1 Å². The average molecular weight is 353 g/mol. The third-order valence-corrected chi connectivity index (χ3v) is 5.54. The quantitative estimate of drug-likeness (QED) is 0.893. The van der Waals surface area contributed by atoms with Crippen molar-refractivity contribution < 1.29 is 13.2 Å². The highest BCUT2D eigenvalue weighted by Gasteiger charge is 2.26. The van der Waals surface area contributed by atoms with Crippen molar-refractivity contribution in [3.8, 4) is 0 Å². The number of sulfone groups is 1. The van der Waals surface area contributed by atoms with Gasteiger partial charge >= 0.3 is 6.03 Å². The number of nitrogens with zero attached hydrogens (tertiary/aromatic N) is 1. The van der Waals surface area contributed by atoms with Crippen LogP contribution in [0.2, 0.25) is 0 Å². The van der Waals surface area contributed by atoms with Gasteiger partial charge in [0.2, 0.25) is 0 Å². The standard InChI is InChI=1S/C18H28N2O3S/c1-14(2)13-16-7-5-4-6-12-20(16)18(21)19-15-8-10-17(11-9-15)24(3,22)23/h8-11,14,16H,4-7,12-13H2,1-3H3,(H,19,21). The van der Waals surface area contributed by atoms with Crippen molar-refractivity contribution in [3.05, 3.63) is 24.3 Å². The van der Waals surface area contributed by atoms with E-state index in [9.17, 15) is 13.2 Å². The van der Waals surface area contributed by atoms with Crippen LogP contribution in [0.4, 0.5) is 10.5 Å². The van der Waals surface area contributed by atoms with Crippen LogP contribution in [0, 0.1) is 5.92 Å². The van der Waals surface area contributed by atoms with Gasteiger partial charge in [0, 0.05) is 24.5 Å². The monoisotopic (exact) mass is 352 g/mol. The fourth-order valence-electron chi connectivity index (χ4n) is 3.21. The van der Waals surface area contributed by atoms with Gasteiger partial charge in [0.1, 0.15) is 0 Å². The Morgan fingerprint density at radius 1 is 1.21 bits per heavy atom. The Labute approximate surface area is 145 Å². The van der Waals surface area contributed by atoms with Gasteiger partial charge in [-0.15, -0.1) is 0 Å². The number of hydrogen-bond donors (Lipinski definition) is 1. The molecule has 1 heterocycles. The SMILES string of the molecule is CC(C)CC1CCCCCN1C(=O)Nc1ccc(S(C)(=O)=O)cc1. The molecule has 1 aliphatic rings. The molecular formula is C18H28N2O3S. The number of hydrogen-bond acceptors (Lipinski definition) is 3. The van der Waals surface area contributed by atoms with Gasteiger partial charge in [-0.05, 0) is 49.4 Å². The van der Waals surface area contributed by atoms with E-state index < -0.39 is 9.84 Å². The van der Waals surface area contributed by atoms with E-state index in [1.807, 2.05) is 4.90 Å². The second-order valence-corrected chi connectivity index (χ2v) is 9.07. The van der Waals surface area contributed by atoms with E-state index in [0.717, 1.165) is 25.8 Å². The van der Waals surface area contributed by atoms with E-state index in [-0.39, 0.29) is 17.0 Å². The smallest absolute Gasteiger partial charge is 0.322 e. The van der Waals surface area contributed by atoms with Crippen LogP contribution < -0.4 is 5.32 Å². The first-order chi connectivity index (χ1) is 11.3. The summed E-state index contributed by atoms with van der Waals surface area (Å²) in [6, 6.07) is 6.53. The number of likely N-dealkylation sites (tertiary alicyclic amines) is 1. The second-order valence-electron chi connectivity index (χ2n) is 7.05. The predicted octanol–water partition coefficient (Wildman–Crippen LogP) is 3.91. The van der Waals surface area contributed by atoms with Gasteiger partial charge in [-0.25, -0.2) is 13.2 Å². The molecule has 24 heavy (non-hydrogen) atoms. The van der Waals surface area contributed by atoms with E-state index in [2.05, 4.69) is 19.2 Å². The molecule has 1 unspecified atom stereocenters. The van der Waals surface area contributed by atoms with Crippen LogP contribution in [0.5, 0.6) is 0 Å². The Balaban J connectivity index is 2.08. The molecule has 1 aromatic rings. The summed E-state index contributed by atoms with van der Waals surface area (Å²) in [6.45, 7) is 5.15. The van der Waals surface area contributed by atoms with Crippen molar-refractivity contribution in [2.75, 3.05) is 18.1 Å². The van der Waals surface area contributed by atoms with Crippen molar-refractivity contribution >= 4 is 21.6 Å². The highest BCUT2D eigenvalue weighted by atomic mass is 32.2. The molecule has 1 aliphatic heterocycles. The molecule has 5 nitrogen and oxygen atoms in total. The Kier molecular flexibility index (Phi) is 6.27. The molecule has 0 radical (unpaired) electrons. The van der Waals surface area contributed by atoms with E-state index >= 15 is 0 Å². The third kappa shape index (κ3) is 5.23. The van der Waals surface area contributed by atoms with Crippen molar-refractivity contribution in [3.63, 3.8) is 0 Å². The minimum atomic E-state index is -3.22. The van der Waals surface area contributed by atoms with E-state index in [4.69, 9.17) is 0 Å². The maximum Gasteiger partial charge on any atom is 0.322 e. The molecule has 134 valence electrons. The lowest BCUT2D eigenvalue weighted by Gasteiger charge is -2.31. The highest BCUT2D eigenvalue weighted by molar-refractivity contribution is 7.90. The van der Waals surface area contributed by atoms with Gasteiger partial charge in [-0.3, -0.25) is 0 Å². The molecule has 1 saturated heterocycles. The first kappa shape index (κ1) is 18.8. The molecule has 6 heteroatoms. The van der Waals surface area contributed by atoms with Crippen LogP contribution in [0.1, 0.15) is 46.0 Å². The summed E-state index contributed by atoms with van der Waals surface area (Å²) in [4.78, 5) is 14.9. The lowest BCUT2D eigenvalue weighted by atomic mass is 9.99. The van der Waals surface area contributed by atoms with Crippen molar-refractivity contribution in [1.29, 1.82) is 0 Å². The van der Waals surface area contributed by atoms with Gasteiger partial charge in [0.15, 0.2) is 9.84 Å². The summed E-state index contributed by atoms with van der Waals surface area (Å²) in [6.07, 6.45) is 6.62. The maximum atomic E-state index is 12.7. The molecule has 0 bridgehead atoms. The summed E-state index contributed by atoms with van der Waals surface area (Å²) < 4.78 is 23.0. The predicted molar refractivity (Wildman–Crippen MR) is 97.0 cm³/mol. The maximum absolute atomic E-state index is 12.7. The zero-order valence-electron chi connectivity index (χ0n) is 14.8. The Morgan fingerprint density at radius 2 is 1.88 bits per heavy atom. The number of carbonyl (C=O) groups is 1. The number of rotatable bonds is 4. The van der Waals surface area contributed by atoms with E-state index in [1.165, 1.54) is 31.2 Å². The minimum absolute atomic E-state index is 0.0883. The van der Waals surface area contributed by atoms with Crippen LogP contribution in [0.25, 0.3) is 0 Å². The summed E-state index contributed by atoms with van der Waals surface area (Å²) in [5.41, 5.74) is 0.625. The summed E-state index contributed by atoms with van der Waals surface area (Å²) in [5, 5.41) is 2.91. The molecular weight excluding hydrogens is 324 g/mol. The van der Waals surface area contributed by atoms with Crippen LogP contribution in [-0.2, 0) is 9.84 Å². The number of benzene rings is 1. The molecule has 1 aromatic carbocycles. The molecule has 2 rings (SSSR count). The number of carbonyl (C=O) groups excluding carboxylic acids is 1. The minimum Gasteiger partial charge on any atom is -0.322 e. The van der Waals surface area contributed by atoms with Gasteiger partial charge < -0.3 is 10.2 Å². The third-order valence-electron chi connectivity index (χ3n) is 4.42. The van der Waals surface area contributed by atoms with Crippen LogP contribution in [-0.4, -0.2) is 38.2 Å². The Hall–Kier alpha value is -1.56. The van der Waals surface area contributed by atoms with Crippen molar-refractivity contribution in [2.24, 2.45) is 5.92 Å². The fraction of sp³-hybridized carbons (Fsp3) is 0.611. The second kappa shape index (κ2) is 8.01. The lowest BCUT2D eigenvalue weighted by Crippen LogP contribution is -2.43. The Morgan fingerprint density at radius 3 is 2.46 bits per heavy atom. The first-order valence-corrected chi connectivity index (χ1v) is 10.5. The fourth-order valence-corrected chi connectivity index (χ4v) is 3.85. The molecule has 1 fully saturated rings.